The van der Waals surface area contributed by atoms with Crippen LogP contribution in [0.5, 0.6) is 0 Å². The Morgan fingerprint density at radius 3 is 3.17 bits per heavy atom. The second-order valence-electron chi connectivity index (χ2n) is 4.85. The zero-order valence-corrected chi connectivity index (χ0v) is 12.4. The van der Waals surface area contributed by atoms with Gasteiger partial charge in [0.15, 0.2) is 0 Å². The Morgan fingerprint density at radius 2 is 2.39 bits per heavy atom. The van der Waals surface area contributed by atoms with Crippen molar-refractivity contribution in [3.8, 4) is 0 Å². The fourth-order valence-electron chi connectivity index (χ4n) is 2.44. The number of halogens is 1. The summed E-state index contributed by atoms with van der Waals surface area (Å²) in [6.45, 7) is 5.38. The molecule has 1 aliphatic rings. The summed E-state index contributed by atoms with van der Waals surface area (Å²) in [4.78, 5) is 2.51. The maximum atomic E-state index is 5.21. The van der Waals surface area contributed by atoms with Crippen LogP contribution >= 0.6 is 15.9 Å². The largest absolute Gasteiger partial charge is 0.384 e. The number of likely N-dealkylation sites (tertiary alicyclic amines) is 1. The van der Waals surface area contributed by atoms with E-state index in [2.05, 4.69) is 44.3 Å². The van der Waals surface area contributed by atoms with Gasteiger partial charge in [-0.25, -0.2) is 0 Å². The first kappa shape index (κ1) is 13.8. The Morgan fingerprint density at radius 1 is 1.50 bits per heavy atom. The molecule has 1 atom stereocenters. The van der Waals surface area contributed by atoms with Crippen LogP contribution in [0.15, 0.2) is 28.7 Å². The summed E-state index contributed by atoms with van der Waals surface area (Å²) in [6.07, 6.45) is 1.27. The first-order valence-corrected chi connectivity index (χ1v) is 7.28. The van der Waals surface area contributed by atoms with Crippen LogP contribution in [-0.4, -0.2) is 44.8 Å². The molecule has 2 rings (SSSR count). The molecule has 100 valence electrons. The van der Waals surface area contributed by atoms with E-state index >= 15 is 0 Å². The summed E-state index contributed by atoms with van der Waals surface area (Å²) in [5, 5.41) is 3.46. The van der Waals surface area contributed by atoms with Crippen LogP contribution in [0.3, 0.4) is 0 Å². The lowest BCUT2D eigenvalue weighted by Crippen LogP contribution is -2.27. The third-order valence-electron chi connectivity index (χ3n) is 3.35. The zero-order chi connectivity index (χ0) is 12.8. The molecule has 1 heterocycles. The summed E-state index contributed by atoms with van der Waals surface area (Å²) in [5.41, 5.74) is 1.18. The summed E-state index contributed by atoms with van der Waals surface area (Å²) in [7, 11) is 1.79. The van der Waals surface area contributed by atoms with Gasteiger partial charge in [-0.3, -0.25) is 0 Å². The van der Waals surface area contributed by atoms with Crippen LogP contribution in [0.1, 0.15) is 6.42 Å². The normalized spacial score (nSPS) is 20.2. The molecule has 0 bridgehead atoms. The Bertz CT molecular complexity index is 373. The summed E-state index contributed by atoms with van der Waals surface area (Å²) in [5.74, 6) is 0.723. The van der Waals surface area contributed by atoms with Crippen molar-refractivity contribution in [1.29, 1.82) is 0 Å². The van der Waals surface area contributed by atoms with Crippen LogP contribution < -0.4 is 5.32 Å². The molecule has 0 radical (unpaired) electrons. The lowest BCUT2D eigenvalue weighted by atomic mass is 10.1. The SMILES string of the molecule is COCC1CCN(CCNc2cccc(Br)c2)C1. The number of hydrogen-bond acceptors (Lipinski definition) is 3. The van der Waals surface area contributed by atoms with E-state index in [1.165, 1.54) is 25.2 Å². The van der Waals surface area contributed by atoms with Gasteiger partial charge in [-0.15, -0.1) is 0 Å². The number of hydrogen-bond donors (Lipinski definition) is 1. The van der Waals surface area contributed by atoms with E-state index < -0.39 is 0 Å². The molecule has 0 amide bonds. The fraction of sp³-hybridized carbons (Fsp3) is 0.571. The van der Waals surface area contributed by atoms with Crippen molar-refractivity contribution in [3.63, 3.8) is 0 Å². The highest BCUT2D eigenvalue weighted by Crippen LogP contribution is 2.17. The Hall–Kier alpha value is -0.580. The monoisotopic (exact) mass is 312 g/mol. The predicted molar refractivity (Wildman–Crippen MR) is 79.1 cm³/mol. The highest BCUT2D eigenvalue weighted by atomic mass is 79.9. The highest BCUT2D eigenvalue weighted by molar-refractivity contribution is 9.10. The molecular weight excluding hydrogens is 292 g/mol. The Labute approximate surface area is 118 Å². The average molecular weight is 313 g/mol. The van der Waals surface area contributed by atoms with Gasteiger partial charge in [0.05, 0.1) is 6.61 Å². The molecular formula is C14H21BrN2O. The lowest BCUT2D eigenvalue weighted by Gasteiger charge is -2.16. The Kier molecular flexibility index (Phi) is 5.47. The number of anilines is 1. The minimum absolute atomic E-state index is 0.723. The lowest BCUT2D eigenvalue weighted by molar-refractivity contribution is 0.153. The summed E-state index contributed by atoms with van der Waals surface area (Å²) < 4.78 is 6.33. The van der Waals surface area contributed by atoms with Gasteiger partial charge in [-0.05, 0) is 37.1 Å². The van der Waals surface area contributed by atoms with Crippen LogP contribution in [0.25, 0.3) is 0 Å². The molecule has 1 N–H and O–H groups in total. The molecule has 0 aliphatic carbocycles. The van der Waals surface area contributed by atoms with Gasteiger partial charge in [0, 0.05) is 36.9 Å². The number of nitrogens with zero attached hydrogens (tertiary/aromatic N) is 1. The van der Waals surface area contributed by atoms with Gasteiger partial charge in [0.1, 0.15) is 0 Å². The first-order valence-electron chi connectivity index (χ1n) is 6.48. The third kappa shape index (κ3) is 4.26. The third-order valence-corrected chi connectivity index (χ3v) is 3.85. The number of methoxy groups -OCH3 is 1. The van der Waals surface area contributed by atoms with Crippen LogP contribution in [0.4, 0.5) is 5.69 Å². The highest BCUT2D eigenvalue weighted by Gasteiger charge is 2.21. The molecule has 0 spiro atoms. The quantitative estimate of drug-likeness (QED) is 0.874. The van der Waals surface area contributed by atoms with Crippen LogP contribution in [0, 0.1) is 5.92 Å². The van der Waals surface area contributed by atoms with Gasteiger partial charge < -0.3 is 15.0 Å². The molecule has 1 aromatic carbocycles. The van der Waals surface area contributed by atoms with Gasteiger partial charge in [-0.2, -0.15) is 0 Å². The van der Waals surface area contributed by atoms with E-state index in [1.807, 2.05) is 6.07 Å². The first-order chi connectivity index (χ1) is 8.78. The van der Waals surface area contributed by atoms with Gasteiger partial charge in [0.25, 0.3) is 0 Å². The van der Waals surface area contributed by atoms with Gasteiger partial charge >= 0.3 is 0 Å². The zero-order valence-electron chi connectivity index (χ0n) is 10.9. The van der Waals surface area contributed by atoms with Crippen molar-refractivity contribution in [1.82, 2.24) is 4.90 Å². The van der Waals surface area contributed by atoms with E-state index in [-0.39, 0.29) is 0 Å². The van der Waals surface area contributed by atoms with Crippen molar-refractivity contribution in [2.45, 2.75) is 6.42 Å². The molecule has 4 heteroatoms. The molecule has 3 nitrogen and oxygen atoms in total. The molecule has 18 heavy (non-hydrogen) atoms. The van der Waals surface area contributed by atoms with Crippen molar-refractivity contribution >= 4 is 21.6 Å². The number of benzene rings is 1. The van der Waals surface area contributed by atoms with E-state index in [1.54, 1.807) is 7.11 Å². The minimum Gasteiger partial charge on any atom is -0.384 e. The van der Waals surface area contributed by atoms with Crippen LogP contribution in [-0.2, 0) is 4.74 Å². The molecule has 0 aromatic heterocycles. The number of nitrogens with one attached hydrogen (secondary N) is 1. The maximum absolute atomic E-state index is 5.21. The van der Waals surface area contributed by atoms with E-state index in [9.17, 15) is 0 Å². The smallest absolute Gasteiger partial charge is 0.0503 e. The van der Waals surface area contributed by atoms with Crippen molar-refractivity contribution < 1.29 is 4.74 Å². The van der Waals surface area contributed by atoms with Gasteiger partial charge in [-0.1, -0.05) is 22.0 Å². The fourth-order valence-corrected chi connectivity index (χ4v) is 2.84. The topological polar surface area (TPSA) is 24.5 Å². The summed E-state index contributed by atoms with van der Waals surface area (Å²) in [6, 6.07) is 8.30. The predicted octanol–water partition coefficient (Wildman–Crippen LogP) is 2.83. The molecule has 1 aromatic rings. The molecule has 1 unspecified atom stereocenters. The van der Waals surface area contributed by atoms with Crippen molar-refractivity contribution in [2.75, 3.05) is 45.2 Å². The van der Waals surface area contributed by atoms with Crippen molar-refractivity contribution in [3.05, 3.63) is 28.7 Å². The standard InChI is InChI=1S/C14H21BrN2O/c1-18-11-12-5-7-17(10-12)8-6-16-14-4-2-3-13(15)9-14/h2-4,9,12,16H,5-8,10-11H2,1H3. The molecule has 1 aliphatic heterocycles. The molecule has 0 saturated carbocycles. The maximum Gasteiger partial charge on any atom is 0.0503 e. The number of rotatable bonds is 6. The second kappa shape index (κ2) is 7.12. The van der Waals surface area contributed by atoms with Gasteiger partial charge in [0.2, 0.25) is 0 Å². The van der Waals surface area contributed by atoms with Crippen molar-refractivity contribution in [2.24, 2.45) is 5.92 Å². The van der Waals surface area contributed by atoms with E-state index in [0.717, 1.165) is 30.1 Å². The second-order valence-corrected chi connectivity index (χ2v) is 5.76. The van der Waals surface area contributed by atoms with Crippen LogP contribution in [0.2, 0.25) is 0 Å². The number of ether oxygens (including phenoxy) is 1. The summed E-state index contributed by atoms with van der Waals surface area (Å²) >= 11 is 3.48. The van der Waals surface area contributed by atoms with E-state index in [4.69, 9.17) is 4.74 Å². The molecule has 1 saturated heterocycles. The minimum atomic E-state index is 0.723. The molecule has 1 fully saturated rings. The average Bonchev–Trinajstić information content (AvgIpc) is 2.78. The van der Waals surface area contributed by atoms with E-state index in [0.29, 0.717) is 0 Å². The Balaban J connectivity index is 1.67.